The van der Waals surface area contributed by atoms with Crippen molar-refractivity contribution < 1.29 is 19.1 Å². The average Bonchev–Trinajstić information content (AvgIpc) is 3.34. The number of hydrazone groups is 1. The maximum atomic E-state index is 13.3. The molecule has 1 aromatic heterocycles. The summed E-state index contributed by atoms with van der Waals surface area (Å²) >= 11 is 9.91. The number of aromatic amines is 1. The van der Waals surface area contributed by atoms with Gasteiger partial charge < -0.3 is 14.5 Å². The van der Waals surface area contributed by atoms with Gasteiger partial charge in [-0.3, -0.25) is 4.79 Å². The van der Waals surface area contributed by atoms with Gasteiger partial charge in [-0.25, -0.2) is 10.2 Å². The molecule has 0 unspecified atom stereocenters. The zero-order valence-electron chi connectivity index (χ0n) is 20.6. The lowest BCUT2D eigenvalue weighted by Crippen LogP contribution is -2.19. The number of halogens is 2. The fourth-order valence-corrected chi connectivity index (χ4v) is 4.70. The van der Waals surface area contributed by atoms with E-state index in [0.29, 0.717) is 33.2 Å². The van der Waals surface area contributed by atoms with E-state index in [1.54, 1.807) is 48.5 Å². The Labute approximate surface area is 237 Å². The van der Waals surface area contributed by atoms with Crippen molar-refractivity contribution in [3.63, 3.8) is 0 Å². The summed E-state index contributed by atoms with van der Waals surface area (Å²) in [7, 11) is 1.52. The van der Waals surface area contributed by atoms with Crippen LogP contribution in [0.15, 0.2) is 101 Å². The van der Waals surface area contributed by atoms with Crippen molar-refractivity contribution in [1.29, 1.82) is 0 Å². The smallest absolute Gasteiger partial charge is 0.343 e. The van der Waals surface area contributed by atoms with Crippen molar-refractivity contribution in [3.05, 3.63) is 117 Å². The molecule has 0 aliphatic carbocycles. The van der Waals surface area contributed by atoms with E-state index in [2.05, 4.69) is 31.4 Å². The van der Waals surface area contributed by atoms with Gasteiger partial charge in [0.05, 0.1) is 18.9 Å². The second-order valence-electron chi connectivity index (χ2n) is 8.40. The third-order valence-corrected chi connectivity index (χ3v) is 6.75. The maximum Gasteiger partial charge on any atom is 0.343 e. The molecule has 194 valence electrons. The van der Waals surface area contributed by atoms with Crippen LogP contribution in [0.1, 0.15) is 26.4 Å². The van der Waals surface area contributed by atoms with Crippen LogP contribution >= 0.6 is 27.5 Å². The minimum Gasteiger partial charge on any atom is -0.497 e. The Bertz CT molecular complexity index is 1730. The monoisotopic (exact) mass is 601 g/mol. The van der Waals surface area contributed by atoms with Gasteiger partial charge in [0, 0.05) is 37.1 Å². The number of methoxy groups -OCH3 is 1. The molecule has 5 rings (SSSR count). The summed E-state index contributed by atoms with van der Waals surface area (Å²) < 4.78 is 11.5. The van der Waals surface area contributed by atoms with Crippen LogP contribution in [-0.2, 0) is 0 Å². The summed E-state index contributed by atoms with van der Waals surface area (Å²) in [6.07, 6.45) is 1.41. The van der Waals surface area contributed by atoms with Crippen molar-refractivity contribution in [3.8, 4) is 22.6 Å². The van der Waals surface area contributed by atoms with Gasteiger partial charge in [0.2, 0.25) is 0 Å². The van der Waals surface area contributed by atoms with E-state index in [4.69, 9.17) is 21.1 Å². The first-order chi connectivity index (χ1) is 18.9. The van der Waals surface area contributed by atoms with E-state index in [1.165, 1.54) is 13.3 Å². The molecule has 39 heavy (non-hydrogen) atoms. The Hall–Kier alpha value is -4.40. The van der Waals surface area contributed by atoms with Crippen LogP contribution in [0.25, 0.3) is 22.0 Å². The van der Waals surface area contributed by atoms with Crippen LogP contribution in [0.3, 0.4) is 0 Å². The molecule has 0 saturated heterocycles. The molecule has 0 saturated carbocycles. The number of benzene rings is 4. The van der Waals surface area contributed by atoms with Gasteiger partial charge in [-0.15, -0.1) is 0 Å². The predicted octanol–water partition coefficient (Wildman–Crippen LogP) is 7.24. The lowest BCUT2D eigenvalue weighted by Gasteiger charge is -2.09. The van der Waals surface area contributed by atoms with E-state index in [1.807, 2.05) is 42.5 Å². The summed E-state index contributed by atoms with van der Waals surface area (Å²) in [5, 5.41) is 5.53. The van der Waals surface area contributed by atoms with E-state index in [9.17, 15) is 9.59 Å². The van der Waals surface area contributed by atoms with Crippen LogP contribution in [0.2, 0.25) is 5.02 Å². The number of ether oxygens (including phenoxy) is 2. The molecule has 9 heteroatoms. The number of nitrogens with zero attached hydrogens (tertiary/aromatic N) is 1. The molecule has 1 heterocycles. The molecule has 0 aliphatic rings. The fourth-order valence-electron chi connectivity index (χ4n) is 4.09. The normalized spacial score (nSPS) is 11.1. The molecule has 0 atom stereocenters. The SMILES string of the molecule is COc1cccc(C(=O)Oc2ccc(Br)cc2C=NNC(=O)c2[nH]c3ccccc3c2-c2ccccc2Cl)c1. The minimum absolute atomic E-state index is 0.270. The zero-order chi connectivity index (χ0) is 27.4. The van der Waals surface area contributed by atoms with Crippen molar-refractivity contribution in [2.45, 2.75) is 0 Å². The molecule has 2 N–H and O–H groups in total. The number of rotatable bonds is 7. The predicted molar refractivity (Wildman–Crippen MR) is 156 cm³/mol. The number of H-pyrrole nitrogens is 1. The standard InChI is InChI=1S/C30H21BrClN3O4/c1-38-21-8-6-7-18(16-21)30(37)39-26-14-13-20(31)15-19(26)17-33-35-29(36)28-27(22-9-2-4-11-24(22)32)23-10-3-5-12-25(23)34-28/h2-17,34H,1H3,(H,35,36). The molecule has 5 aromatic rings. The maximum absolute atomic E-state index is 13.3. The molecule has 0 radical (unpaired) electrons. The Balaban J connectivity index is 1.41. The Kier molecular flexibility index (Phi) is 7.76. The van der Waals surface area contributed by atoms with Gasteiger partial charge in [0.25, 0.3) is 5.91 Å². The molecule has 1 amide bonds. The summed E-state index contributed by atoms with van der Waals surface area (Å²) in [5.74, 6) is -0.205. The highest BCUT2D eigenvalue weighted by Gasteiger charge is 2.20. The van der Waals surface area contributed by atoms with Crippen molar-refractivity contribution in [2.24, 2.45) is 5.10 Å². The van der Waals surface area contributed by atoms with E-state index < -0.39 is 11.9 Å². The third-order valence-electron chi connectivity index (χ3n) is 5.93. The van der Waals surface area contributed by atoms with Crippen LogP contribution < -0.4 is 14.9 Å². The number of aromatic nitrogens is 1. The number of nitrogens with one attached hydrogen (secondary N) is 2. The van der Waals surface area contributed by atoms with Crippen LogP contribution in [-0.4, -0.2) is 30.2 Å². The summed E-state index contributed by atoms with van der Waals surface area (Å²) in [5.41, 5.74) is 5.90. The van der Waals surface area contributed by atoms with Crippen molar-refractivity contribution >= 4 is 56.5 Å². The number of para-hydroxylation sites is 1. The molecule has 0 spiro atoms. The number of carbonyl (C=O) groups is 2. The number of hydrogen-bond donors (Lipinski definition) is 2. The highest BCUT2D eigenvalue weighted by atomic mass is 79.9. The van der Waals surface area contributed by atoms with Crippen LogP contribution in [0, 0.1) is 0 Å². The van der Waals surface area contributed by atoms with Gasteiger partial charge in [-0.2, -0.15) is 5.10 Å². The van der Waals surface area contributed by atoms with Crippen LogP contribution in [0.4, 0.5) is 0 Å². The summed E-state index contributed by atoms with van der Waals surface area (Å²) in [6, 6.07) is 26.7. The van der Waals surface area contributed by atoms with Gasteiger partial charge in [0.15, 0.2) is 0 Å². The van der Waals surface area contributed by atoms with Crippen molar-refractivity contribution in [1.82, 2.24) is 10.4 Å². The average molecular weight is 603 g/mol. The molecular formula is C30H21BrClN3O4. The second-order valence-corrected chi connectivity index (χ2v) is 9.73. The number of hydrogen-bond acceptors (Lipinski definition) is 5. The Morgan fingerprint density at radius 1 is 0.974 bits per heavy atom. The number of esters is 1. The Morgan fingerprint density at radius 3 is 2.59 bits per heavy atom. The summed E-state index contributed by atoms with van der Waals surface area (Å²) in [4.78, 5) is 29.2. The lowest BCUT2D eigenvalue weighted by atomic mass is 10.0. The largest absolute Gasteiger partial charge is 0.497 e. The second kappa shape index (κ2) is 11.6. The van der Waals surface area contributed by atoms with Gasteiger partial charge in [0.1, 0.15) is 17.2 Å². The first-order valence-corrected chi connectivity index (χ1v) is 13.0. The molecule has 0 fully saturated rings. The first kappa shape index (κ1) is 26.2. The lowest BCUT2D eigenvalue weighted by molar-refractivity contribution is 0.0733. The quantitative estimate of drug-likeness (QED) is 0.0889. The van der Waals surface area contributed by atoms with Crippen molar-refractivity contribution in [2.75, 3.05) is 7.11 Å². The Morgan fingerprint density at radius 2 is 1.77 bits per heavy atom. The zero-order valence-corrected chi connectivity index (χ0v) is 22.9. The van der Waals surface area contributed by atoms with Gasteiger partial charge in [-0.1, -0.05) is 70.0 Å². The third kappa shape index (κ3) is 5.72. The number of fused-ring (bicyclic) bond motifs is 1. The van der Waals surface area contributed by atoms with Crippen LogP contribution in [0.5, 0.6) is 11.5 Å². The number of carbonyl (C=O) groups excluding carboxylic acids is 2. The topological polar surface area (TPSA) is 92.8 Å². The molecule has 0 bridgehead atoms. The van der Waals surface area contributed by atoms with E-state index in [0.717, 1.165) is 20.9 Å². The highest BCUT2D eigenvalue weighted by Crippen LogP contribution is 2.36. The number of amides is 1. The molecular weight excluding hydrogens is 582 g/mol. The summed E-state index contributed by atoms with van der Waals surface area (Å²) in [6.45, 7) is 0. The minimum atomic E-state index is -0.558. The van der Waals surface area contributed by atoms with Gasteiger partial charge >= 0.3 is 5.97 Å². The fraction of sp³-hybridized carbons (Fsp3) is 0.0333. The molecule has 0 aliphatic heterocycles. The molecule has 4 aromatic carbocycles. The first-order valence-electron chi connectivity index (χ1n) is 11.8. The molecule has 7 nitrogen and oxygen atoms in total. The van der Waals surface area contributed by atoms with Gasteiger partial charge in [-0.05, 0) is 48.5 Å². The van der Waals surface area contributed by atoms with E-state index >= 15 is 0 Å². The highest BCUT2D eigenvalue weighted by molar-refractivity contribution is 9.10. The van der Waals surface area contributed by atoms with E-state index in [-0.39, 0.29) is 5.75 Å².